The molecular formula is C18H14FNO2. The van der Waals surface area contributed by atoms with Crippen molar-refractivity contribution in [2.75, 3.05) is 0 Å². The molecule has 4 heteroatoms. The lowest BCUT2D eigenvalue weighted by molar-refractivity contribution is 0.112. The first-order valence-electron chi connectivity index (χ1n) is 6.86. The highest BCUT2D eigenvalue weighted by molar-refractivity contribution is 5.78. The Morgan fingerprint density at radius 1 is 1.09 bits per heavy atom. The number of rotatable bonds is 5. The van der Waals surface area contributed by atoms with Gasteiger partial charge in [0.05, 0.1) is 0 Å². The average molecular weight is 295 g/mol. The molecule has 0 aliphatic heterocycles. The fourth-order valence-corrected chi connectivity index (χ4v) is 2.18. The van der Waals surface area contributed by atoms with Gasteiger partial charge in [0, 0.05) is 29.1 Å². The van der Waals surface area contributed by atoms with Gasteiger partial charge < -0.3 is 9.72 Å². The van der Waals surface area contributed by atoms with Crippen LogP contribution in [0.2, 0.25) is 0 Å². The maximum Gasteiger partial charge on any atom is 0.151 e. The Hall–Kier alpha value is -2.88. The number of halogens is 1. The molecule has 0 fully saturated rings. The number of nitrogens with one attached hydrogen (secondary N) is 1. The third kappa shape index (κ3) is 3.06. The predicted octanol–water partition coefficient (Wildman–Crippen LogP) is 4.21. The van der Waals surface area contributed by atoms with E-state index in [1.54, 1.807) is 24.4 Å². The molecule has 0 bridgehead atoms. The van der Waals surface area contributed by atoms with E-state index < -0.39 is 5.82 Å². The van der Waals surface area contributed by atoms with Gasteiger partial charge in [0.1, 0.15) is 18.2 Å². The van der Waals surface area contributed by atoms with Gasteiger partial charge in [0.2, 0.25) is 0 Å². The summed E-state index contributed by atoms with van der Waals surface area (Å²) < 4.78 is 19.8. The summed E-state index contributed by atoms with van der Waals surface area (Å²) in [6.07, 6.45) is 2.26. The van der Waals surface area contributed by atoms with E-state index in [9.17, 15) is 9.18 Å². The third-order valence-corrected chi connectivity index (χ3v) is 3.32. The number of ether oxygens (including phenoxy) is 1. The van der Waals surface area contributed by atoms with Crippen LogP contribution < -0.4 is 4.74 Å². The van der Waals surface area contributed by atoms with Crippen molar-refractivity contribution in [3.8, 4) is 17.0 Å². The fraction of sp³-hybridized carbons (Fsp3) is 0.0556. The maximum atomic E-state index is 14.2. The van der Waals surface area contributed by atoms with Crippen LogP contribution in [0.4, 0.5) is 4.39 Å². The normalized spacial score (nSPS) is 10.4. The van der Waals surface area contributed by atoms with E-state index >= 15 is 0 Å². The third-order valence-electron chi connectivity index (χ3n) is 3.32. The lowest BCUT2D eigenvalue weighted by Crippen LogP contribution is -1.96. The van der Waals surface area contributed by atoms with Gasteiger partial charge in [-0.3, -0.25) is 4.79 Å². The van der Waals surface area contributed by atoms with Crippen LogP contribution in [0.1, 0.15) is 15.9 Å². The smallest absolute Gasteiger partial charge is 0.151 e. The molecule has 0 amide bonds. The first-order valence-corrected chi connectivity index (χ1v) is 6.86. The number of H-pyrrole nitrogens is 1. The van der Waals surface area contributed by atoms with Gasteiger partial charge in [-0.25, -0.2) is 4.39 Å². The molecule has 0 unspecified atom stereocenters. The van der Waals surface area contributed by atoms with E-state index in [2.05, 4.69) is 4.98 Å². The molecule has 0 saturated heterocycles. The fourth-order valence-electron chi connectivity index (χ4n) is 2.18. The minimum absolute atomic E-state index is 0.386. The number of carbonyl (C=O) groups is 1. The molecule has 0 spiro atoms. The van der Waals surface area contributed by atoms with Gasteiger partial charge in [0.25, 0.3) is 0 Å². The number of carbonyl (C=O) groups excluding carboxylic acids is 1. The minimum atomic E-state index is -0.398. The SMILES string of the molecule is O=Cc1c[nH]c(-c2ccc(OCc3ccccc3)cc2F)c1. The van der Waals surface area contributed by atoms with Crippen molar-refractivity contribution in [2.45, 2.75) is 6.61 Å². The molecule has 0 aliphatic rings. The van der Waals surface area contributed by atoms with Crippen molar-refractivity contribution in [3.05, 3.63) is 77.7 Å². The van der Waals surface area contributed by atoms with Crippen LogP contribution in [0.3, 0.4) is 0 Å². The standard InChI is InChI=1S/C18H14FNO2/c19-17-9-15(22-12-13-4-2-1-3-5-13)6-7-16(17)18-8-14(11-21)10-20-18/h1-11,20H,12H2. The summed E-state index contributed by atoms with van der Waals surface area (Å²) in [7, 11) is 0. The number of aldehydes is 1. The Morgan fingerprint density at radius 3 is 2.59 bits per heavy atom. The molecule has 3 nitrogen and oxygen atoms in total. The zero-order chi connectivity index (χ0) is 15.4. The van der Waals surface area contributed by atoms with Crippen LogP contribution >= 0.6 is 0 Å². The average Bonchev–Trinajstić information content (AvgIpc) is 3.03. The maximum absolute atomic E-state index is 14.2. The van der Waals surface area contributed by atoms with E-state index in [0.717, 1.165) is 11.8 Å². The van der Waals surface area contributed by atoms with Crippen molar-refractivity contribution >= 4 is 6.29 Å². The van der Waals surface area contributed by atoms with Crippen LogP contribution in [0.5, 0.6) is 5.75 Å². The number of hydrogen-bond donors (Lipinski definition) is 1. The molecule has 0 saturated carbocycles. The Labute approximate surface area is 127 Å². The Bertz CT molecular complexity index is 781. The van der Waals surface area contributed by atoms with Gasteiger partial charge in [0.15, 0.2) is 6.29 Å². The summed E-state index contributed by atoms with van der Waals surface area (Å²) in [6.45, 7) is 0.386. The molecule has 22 heavy (non-hydrogen) atoms. The van der Waals surface area contributed by atoms with Gasteiger partial charge in [-0.05, 0) is 23.8 Å². The van der Waals surface area contributed by atoms with Crippen molar-refractivity contribution in [2.24, 2.45) is 0 Å². The molecule has 0 aliphatic carbocycles. The summed E-state index contributed by atoms with van der Waals surface area (Å²) >= 11 is 0. The topological polar surface area (TPSA) is 42.1 Å². The van der Waals surface area contributed by atoms with E-state index in [1.165, 1.54) is 6.07 Å². The lowest BCUT2D eigenvalue weighted by Gasteiger charge is -2.08. The van der Waals surface area contributed by atoms with Crippen molar-refractivity contribution in [3.63, 3.8) is 0 Å². The molecule has 3 aromatic rings. The van der Waals surface area contributed by atoms with Gasteiger partial charge in [-0.2, -0.15) is 0 Å². The molecule has 2 aromatic carbocycles. The predicted molar refractivity (Wildman–Crippen MR) is 82.3 cm³/mol. The minimum Gasteiger partial charge on any atom is -0.489 e. The van der Waals surface area contributed by atoms with Gasteiger partial charge in [-0.1, -0.05) is 30.3 Å². The second kappa shape index (κ2) is 6.26. The largest absolute Gasteiger partial charge is 0.489 e. The van der Waals surface area contributed by atoms with Crippen LogP contribution in [-0.2, 0) is 6.61 Å². The summed E-state index contributed by atoms with van der Waals surface area (Å²) in [6, 6.07) is 16.0. The second-order valence-corrected chi connectivity index (χ2v) is 4.88. The molecular weight excluding hydrogens is 281 g/mol. The van der Waals surface area contributed by atoms with Crippen molar-refractivity contribution in [1.82, 2.24) is 4.98 Å². The second-order valence-electron chi connectivity index (χ2n) is 4.88. The van der Waals surface area contributed by atoms with Crippen LogP contribution in [0, 0.1) is 5.82 Å². The highest BCUT2D eigenvalue weighted by Crippen LogP contribution is 2.26. The molecule has 0 radical (unpaired) electrons. The first kappa shape index (κ1) is 14.1. The van der Waals surface area contributed by atoms with E-state index in [-0.39, 0.29) is 0 Å². The van der Waals surface area contributed by atoms with E-state index in [1.807, 2.05) is 30.3 Å². The van der Waals surface area contributed by atoms with Crippen LogP contribution in [0.15, 0.2) is 60.8 Å². The van der Waals surface area contributed by atoms with Crippen molar-refractivity contribution < 1.29 is 13.9 Å². The zero-order valence-corrected chi connectivity index (χ0v) is 11.8. The monoisotopic (exact) mass is 295 g/mol. The summed E-state index contributed by atoms with van der Waals surface area (Å²) in [5, 5.41) is 0. The quantitative estimate of drug-likeness (QED) is 0.716. The molecule has 0 atom stereocenters. The highest BCUT2D eigenvalue weighted by Gasteiger charge is 2.09. The summed E-state index contributed by atoms with van der Waals surface area (Å²) in [4.78, 5) is 13.6. The molecule has 110 valence electrons. The number of hydrogen-bond acceptors (Lipinski definition) is 2. The van der Waals surface area contributed by atoms with Crippen LogP contribution in [0.25, 0.3) is 11.3 Å². The number of benzene rings is 2. The zero-order valence-electron chi connectivity index (χ0n) is 11.8. The summed E-state index contributed by atoms with van der Waals surface area (Å²) in [5.74, 6) is 0.0668. The first-order chi connectivity index (χ1) is 10.8. The van der Waals surface area contributed by atoms with Gasteiger partial charge in [-0.15, -0.1) is 0 Å². The lowest BCUT2D eigenvalue weighted by atomic mass is 10.1. The number of aromatic nitrogens is 1. The Morgan fingerprint density at radius 2 is 1.91 bits per heavy atom. The Kier molecular flexibility index (Phi) is 4.01. The van der Waals surface area contributed by atoms with Gasteiger partial charge >= 0.3 is 0 Å². The molecule has 1 N–H and O–H groups in total. The van der Waals surface area contributed by atoms with Crippen molar-refractivity contribution in [1.29, 1.82) is 0 Å². The highest BCUT2D eigenvalue weighted by atomic mass is 19.1. The van der Waals surface area contributed by atoms with E-state index in [4.69, 9.17) is 4.74 Å². The molecule has 3 rings (SSSR count). The number of aromatic amines is 1. The van der Waals surface area contributed by atoms with E-state index in [0.29, 0.717) is 29.2 Å². The summed E-state index contributed by atoms with van der Waals surface area (Å²) in [5.41, 5.74) is 2.47. The van der Waals surface area contributed by atoms with Crippen LogP contribution in [-0.4, -0.2) is 11.3 Å². The molecule has 1 heterocycles. The molecule has 1 aromatic heterocycles. The Balaban J connectivity index is 1.75.